The van der Waals surface area contributed by atoms with E-state index in [1.54, 1.807) is 0 Å². The van der Waals surface area contributed by atoms with E-state index < -0.39 is 64.5 Å². The van der Waals surface area contributed by atoms with Crippen LogP contribution in [0.4, 0.5) is 4.79 Å². The summed E-state index contributed by atoms with van der Waals surface area (Å²) in [6, 6.07) is -4.20. The molecule has 0 radical (unpaired) electrons. The number of rotatable bonds is 14. The summed E-state index contributed by atoms with van der Waals surface area (Å²) >= 11 is 0. The Bertz CT molecular complexity index is 1410. The number of likely N-dealkylation sites (tertiary alicyclic amines) is 2. The fraction of sp³-hybridized carbons (Fsp3) is 0.763. The molecule has 2 aliphatic heterocycles. The summed E-state index contributed by atoms with van der Waals surface area (Å²) in [4.78, 5) is 97.1. The van der Waals surface area contributed by atoms with Crippen LogP contribution in [0.1, 0.15) is 101 Å². The van der Waals surface area contributed by atoms with E-state index in [-0.39, 0.29) is 60.4 Å². The first-order chi connectivity index (χ1) is 23.6. The Morgan fingerprint density at radius 1 is 0.941 bits per heavy atom. The maximum Gasteiger partial charge on any atom is 0.315 e. The summed E-state index contributed by atoms with van der Waals surface area (Å²) in [5.74, 6) is -3.30. The number of imide groups is 1. The van der Waals surface area contributed by atoms with Crippen LogP contribution in [0, 0.1) is 39.9 Å². The largest absolute Gasteiger partial charge is 0.346 e. The minimum absolute atomic E-state index is 0.0338. The standard InChI is InChI=1S/C38H60N6O7/c1-11-13-14-24(28(45)31(47)39-17-12-2)40-30(46)27-26-23(38(26,9)10)19-43(27)34(50)29(37(6,7)8)42-35(51)41-25(36(3,4)5)20-44-32(48)21-15-16-22(18-21)33(44)49/h12,21-27,29H,2,11,13-20H2,1,3-10H3,(H,39,47)(H,40,46)(H2,41,42,51)/t21?,22?,23-,24?,25-,26-,27-,29+/m0/s1. The summed E-state index contributed by atoms with van der Waals surface area (Å²) in [7, 11) is 0. The normalized spacial score (nSPS) is 26.8. The van der Waals surface area contributed by atoms with Gasteiger partial charge in [0, 0.05) is 31.5 Å². The maximum absolute atomic E-state index is 14.5. The van der Waals surface area contributed by atoms with Gasteiger partial charge in [0.25, 0.3) is 5.91 Å². The Kier molecular flexibility index (Phi) is 11.8. The number of urea groups is 1. The van der Waals surface area contributed by atoms with Crippen molar-refractivity contribution in [3.63, 3.8) is 0 Å². The maximum atomic E-state index is 14.5. The summed E-state index contributed by atoms with van der Waals surface area (Å²) in [5.41, 5.74) is -1.52. The molecule has 2 aliphatic carbocycles. The van der Waals surface area contributed by atoms with Gasteiger partial charge in [-0.15, -0.1) is 6.58 Å². The van der Waals surface area contributed by atoms with Crippen molar-refractivity contribution >= 4 is 41.4 Å². The predicted molar refractivity (Wildman–Crippen MR) is 192 cm³/mol. The van der Waals surface area contributed by atoms with Crippen LogP contribution in [0.15, 0.2) is 12.7 Å². The molecule has 4 fully saturated rings. The number of nitrogens with zero attached hydrogens (tertiary/aromatic N) is 2. The number of amides is 7. The molecule has 3 unspecified atom stereocenters. The molecule has 13 nitrogen and oxygen atoms in total. The molecule has 2 saturated heterocycles. The van der Waals surface area contributed by atoms with Gasteiger partial charge in [0.15, 0.2) is 0 Å². The van der Waals surface area contributed by atoms with E-state index in [1.165, 1.54) is 15.9 Å². The second kappa shape index (κ2) is 15.1. The molecule has 13 heteroatoms. The molecule has 0 aromatic rings. The number of unbranched alkanes of at least 4 members (excludes halogenated alkanes) is 1. The van der Waals surface area contributed by atoms with E-state index >= 15 is 0 Å². The van der Waals surface area contributed by atoms with Gasteiger partial charge in [-0.3, -0.25) is 33.7 Å². The van der Waals surface area contributed by atoms with Crippen LogP contribution < -0.4 is 21.3 Å². The Morgan fingerprint density at radius 3 is 2.08 bits per heavy atom. The highest BCUT2D eigenvalue weighted by Crippen LogP contribution is 2.65. The minimum Gasteiger partial charge on any atom is -0.346 e. The monoisotopic (exact) mass is 712 g/mol. The van der Waals surface area contributed by atoms with Gasteiger partial charge in [0.1, 0.15) is 12.1 Å². The Labute approximate surface area is 302 Å². The Morgan fingerprint density at radius 2 is 1.55 bits per heavy atom. The summed E-state index contributed by atoms with van der Waals surface area (Å²) < 4.78 is 0. The fourth-order valence-electron chi connectivity index (χ4n) is 8.18. The third kappa shape index (κ3) is 8.49. The second-order valence-corrected chi connectivity index (χ2v) is 17.8. The van der Waals surface area contributed by atoms with Crippen LogP contribution in [-0.2, 0) is 28.8 Å². The molecule has 4 aliphatic rings. The average molecular weight is 713 g/mol. The van der Waals surface area contributed by atoms with Crippen molar-refractivity contribution in [2.24, 2.45) is 39.9 Å². The molecular formula is C38H60N6O7. The lowest BCUT2D eigenvalue weighted by Gasteiger charge is -2.40. The van der Waals surface area contributed by atoms with Crippen molar-refractivity contribution < 1.29 is 33.6 Å². The van der Waals surface area contributed by atoms with Gasteiger partial charge >= 0.3 is 6.03 Å². The van der Waals surface area contributed by atoms with E-state index in [1.807, 2.05) is 48.5 Å². The highest BCUT2D eigenvalue weighted by Gasteiger charge is 2.70. The van der Waals surface area contributed by atoms with Crippen molar-refractivity contribution in [2.75, 3.05) is 19.6 Å². The Hall–Kier alpha value is -3.77. The third-order valence-corrected chi connectivity index (χ3v) is 11.6. The number of fused-ring (bicyclic) bond motifs is 3. The lowest BCUT2D eigenvalue weighted by Crippen LogP contribution is -2.63. The minimum atomic E-state index is -1.05. The van der Waals surface area contributed by atoms with Crippen LogP contribution in [-0.4, -0.2) is 95.0 Å². The van der Waals surface area contributed by atoms with Crippen LogP contribution in [0.25, 0.3) is 0 Å². The average Bonchev–Trinajstić information content (AvgIpc) is 3.43. The van der Waals surface area contributed by atoms with Crippen LogP contribution in [0.5, 0.6) is 0 Å². The van der Waals surface area contributed by atoms with Gasteiger partial charge in [-0.2, -0.15) is 0 Å². The third-order valence-electron chi connectivity index (χ3n) is 11.6. The molecule has 51 heavy (non-hydrogen) atoms. The molecule has 0 spiro atoms. The molecule has 2 heterocycles. The first-order valence-electron chi connectivity index (χ1n) is 18.6. The molecular weight excluding hydrogens is 652 g/mol. The lowest BCUT2D eigenvalue weighted by atomic mass is 9.84. The predicted octanol–water partition coefficient (Wildman–Crippen LogP) is 2.93. The van der Waals surface area contributed by atoms with E-state index in [0.717, 1.165) is 6.42 Å². The molecule has 2 saturated carbocycles. The Balaban J connectivity index is 1.52. The molecule has 0 aromatic carbocycles. The van der Waals surface area contributed by atoms with Gasteiger partial charge in [-0.1, -0.05) is 81.2 Å². The zero-order valence-electron chi connectivity index (χ0n) is 32.0. The van der Waals surface area contributed by atoms with E-state index in [9.17, 15) is 33.6 Å². The number of ketones is 1. The van der Waals surface area contributed by atoms with Crippen LogP contribution >= 0.6 is 0 Å². The number of carbonyl (C=O) groups is 7. The SMILES string of the molecule is C=CCNC(=O)C(=O)C(CCCC)NC(=O)[C@@H]1[C@@H]2[C@H](CN1C(=O)[C@@H](NC(=O)N[C@@H](CN1C(=O)C3CCC(C3)C1=O)C(C)(C)C)C(C)(C)C)C2(C)C. The van der Waals surface area contributed by atoms with Gasteiger partial charge in [-0.05, 0) is 53.8 Å². The van der Waals surface area contributed by atoms with Crippen molar-refractivity contribution in [3.05, 3.63) is 12.7 Å². The van der Waals surface area contributed by atoms with E-state index in [0.29, 0.717) is 32.2 Å². The summed E-state index contributed by atoms with van der Waals surface area (Å²) in [5, 5.41) is 11.2. The summed E-state index contributed by atoms with van der Waals surface area (Å²) in [6.45, 7) is 21.3. The van der Waals surface area contributed by atoms with Gasteiger partial charge in [0.2, 0.25) is 29.4 Å². The smallest absolute Gasteiger partial charge is 0.315 e. The molecule has 284 valence electrons. The van der Waals surface area contributed by atoms with Gasteiger partial charge < -0.3 is 26.2 Å². The topological polar surface area (TPSA) is 174 Å². The zero-order valence-corrected chi connectivity index (χ0v) is 32.0. The molecule has 7 amide bonds. The highest BCUT2D eigenvalue weighted by atomic mass is 16.2. The molecule has 4 rings (SSSR count). The number of piperidine rings is 2. The van der Waals surface area contributed by atoms with Crippen molar-refractivity contribution in [1.82, 2.24) is 31.1 Å². The molecule has 4 N–H and O–H groups in total. The lowest BCUT2D eigenvalue weighted by molar-refractivity contribution is -0.153. The molecule has 8 atom stereocenters. The molecule has 2 bridgehead atoms. The van der Waals surface area contributed by atoms with Crippen molar-refractivity contribution in [3.8, 4) is 0 Å². The number of nitrogens with one attached hydrogen (secondary N) is 4. The van der Waals surface area contributed by atoms with Crippen molar-refractivity contribution in [1.29, 1.82) is 0 Å². The van der Waals surface area contributed by atoms with E-state index in [2.05, 4.69) is 41.7 Å². The highest BCUT2D eigenvalue weighted by molar-refractivity contribution is 6.38. The number of hydrogen-bond donors (Lipinski definition) is 4. The van der Waals surface area contributed by atoms with Crippen molar-refractivity contribution in [2.45, 2.75) is 125 Å². The summed E-state index contributed by atoms with van der Waals surface area (Å²) in [6.07, 6.45) is 5.09. The quantitative estimate of drug-likeness (QED) is 0.122. The second-order valence-electron chi connectivity index (χ2n) is 17.8. The molecule has 0 aromatic heterocycles. The first-order valence-corrected chi connectivity index (χ1v) is 18.6. The van der Waals surface area contributed by atoms with Gasteiger partial charge in [-0.25, -0.2) is 4.79 Å². The van der Waals surface area contributed by atoms with Crippen LogP contribution in [0.2, 0.25) is 0 Å². The first kappa shape index (κ1) is 40.0. The fourth-order valence-corrected chi connectivity index (χ4v) is 8.18. The van der Waals surface area contributed by atoms with Crippen LogP contribution in [0.3, 0.4) is 0 Å². The zero-order chi connectivity index (χ0) is 38.2. The van der Waals surface area contributed by atoms with Gasteiger partial charge in [0.05, 0.1) is 12.1 Å². The number of hydrogen-bond acceptors (Lipinski definition) is 7. The number of carbonyl (C=O) groups excluding carboxylic acids is 7. The number of Topliss-reactive ketones (excluding diaryl/α,β-unsaturated/α-hetero) is 1. The van der Waals surface area contributed by atoms with E-state index in [4.69, 9.17) is 0 Å².